The first-order valence-electron chi connectivity index (χ1n) is 7.25. The fraction of sp³-hybridized carbons (Fsp3) is 0.429. The molecule has 1 aliphatic rings. The Morgan fingerprint density at radius 2 is 1.96 bits per heavy atom. The van der Waals surface area contributed by atoms with E-state index in [9.17, 15) is 18.0 Å². The average molecular weight is 340 g/mol. The normalized spacial score (nSPS) is 16.0. The van der Waals surface area contributed by atoms with Gasteiger partial charge in [-0.2, -0.15) is 4.31 Å². The first kappa shape index (κ1) is 17.4. The Hall–Kier alpha value is -1.97. The van der Waals surface area contributed by atoms with Crippen molar-refractivity contribution in [2.24, 2.45) is 0 Å². The zero-order chi connectivity index (χ0) is 16.9. The third-order valence-electron chi connectivity index (χ3n) is 3.42. The molecule has 1 aromatic rings. The molecule has 2 amide bonds. The standard InChI is InChI=1S/C14H20N4O4S/c1-15-6-7-17-14(20)11-2-4-12(5-3-11)23(21,22)18-9-8-16-13(19)10-18/h2-5,15H,6-10H2,1H3,(H,16,19)(H,17,20). The zero-order valence-corrected chi connectivity index (χ0v) is 13.6. The van der Waals surface area contributed by atoms with Crippen LogP contribution in [0.1, 0.15) is 10.4 Å². The quantitative estimate of drug-likeness (QED) is 0.561. The molecule has 0 unspecified atom stereocenters. The Morgan fingerprint density at radius 1 is 1.26 bits per heavy atom. The van der Waals surface area contributed by atoms with Crippen LogP contribution in [0.25, 0.3) is 0 Å². The molecule has 8 nitrogen and oxygen atoms in total. The van der Waals surface area contributed by atoms with E-state index in [1.165, 1.54) is 24.3 Å². The number of carbonyl (C=O) groups is 2. The smallest absolute Gasteiger partial charge is 0.251 e. The second-order valence-electron chi connectivity index (χ2n) is 5.07. The van der Waals surface area contributed by atoms with Gasteiger partial charge in [-0.15, -0.1) is 0 Å². The predicted octanol–water partition coefficient (Wildman–Crippen LogP) is -1.24. The summed E-state index contributed by atoms with van der Waals surface area (Å²) in [5.41, 5.74) is 0.386. The van der Waals surface area contributed by atoms with Crippen molar-refractivity contribution in [2.75, 3.05) is 39.8 Å². The van der Waals surface area contributed by atoms with Gasteiger partial charge in [-0.05, 0) is 31.3 Å². The minimum Gasteiger partial charge on any atom is -0.354 e. The molecule has 0 bridgehead atoms. The first-order chi connectivity index (χ1) is 10.9. The Balaban J connectivity index is 2.09. The van der Waals surface area contributed by atoms with Crippen molar-refractivity contribution in [1.29, 1.82) is 0 Å². The number of sulfonamides is 1. The van der Waals surface area contributed by atoms with Gasteiger partial charge < -0.3 is 16.0 Å². The van der Waals surface area contributed by atoms with E-state index in [0.717, 1.165) is 4.31 Å². The highest BCUT2D eigenvalue weighted by atomic mass is 32.2. The molecule has 1 aromatic carbocycles. The number of carbonyl (C=O) groups excluding carboxylic acids is 2. The molecule has 0 saturated carbocycles. The molecule has 1 heterocycles. The van der Waals surface area contributed by atoms with Gasteiger partial charge in [-0.1, -0.05) is 0 Å². The summed E-state index contributed by atoms with van der Waals surface area (Å²) in [6.07, 6.45) is 0. The van der Waals surface area contributed by atoms with Gasteiger partial charge in [-0.3, -0.25) is 9.59 Å². The SMILES string of the molecule is CNCCNC(=O)c1ccc(S(=O)(=O)N2CCNC(=O)C2)cc1. The van der Waals surface area contributed by atoms with Gasteiger partial charge in [0.05, 0.1) is 11.4 Å². The van der Waals surface area contributed by atoms with Crippen molar-refractivity contribution in [1.82, 2.24) is 20.3 Å². The van der Waals surface area contributed by atoms with Crippen molar-refractivity contribution >= 4 is 21.8 Å². The van der Waals surface area contributed by atoms with Crippen molar-refractivity contribution in [3.05, 3.63) is 29.8 Å². The van der Waals surface area contributed by atoms with Gasteiger partial charge in [0.25, 0.3) is 5.91 Å². The van der Waals surface area contributed by atoms with Crippen LogP contribution in [0.3, 0.4) is 0 Å². The maximum atomic E-state index is 12.5. The molecule has 23 heavy (non-hydrogen) atoms. The first-order valence-corrected chi connectivity index (χ1v) is 8.69. The van der Waals surface area contributed by atoms with Crippen LogP contribution in [-0.4, -0.2) is 64.3 Å². The lowest BCUT2D eigenvalue weighted by atomic mass is 10.2. The third kappa shape index (κ3) is 4.27. The fourth-order valence-electron chi connectivity index (χ4n) is 2.15. The largest absolute Gasteiger partial charge is 0.354 e. The van der Waals surface area contributed by atoms with Gasteiger partial charge in [0.15, 0.2) is 0 Å². The monoisotopic (exact) mass is 340 g/mol. The summed E-state index contributed by atoms with van der Waals surface area (Å²) < 4.78 is 26.1. The van der Waals surface area contributed by atoms with Crippen molar-refractivity contribution in [3.63, 3.8) is 0 Å². The molecule has 0 aromatic heterocycles. The minimum absolute atomic E-state index is 0.0685. The number of hydrogen-bond acceptors (Lipinski definition) is 5. The van der Waals surface area contributed by atoms with Gasteiger partial charge in [-0.25, -0.2) is 8.42 Å². The Kier molecular flexibility index (Phi) is 5.69. The molecule has 0 radical (unpaired) electrons. The summed E-state index contributed by atoms with van der Waals surface area (Å²) in [6.45, 7) is 1.48. The molecule has 1 saturated heterocycles. The van der Waals surface area contributed by atoms with Crippen LogP contribution in [0, 0.1) is 0 Å². The van der Waals surface area contributed by atoms with Gasteiger partial charge >= 0.3 is 0 Å². The minimum atomic E-state index is -3.73. The summed E-state index contributed by atoms with van der Waals surface area (Å²) in [7, 11) is -1.94. The van der Waals surface area contributed by atoms with E-state index in [1.54, 1.807) is 7.05 Å². The summed E-state index contributed by atoms with van der Waals surface area (Å²) in [4.78, 5) is 23.3. The van der Waals surface area contributed by atoms with E-state index < -0.39 is 10.0 Å². The van der Waals surface area contributed by atoms with Crippen molar-refractivity contribution in [3.8, 4) is 0 Å². The van der Waals surface area contributed by atoms with Crippen LogP contribution in [0.5, 0.6) is 0 Å². The van der Waals surface area contributed by atoms with Crippen LogP contribution < -0.4 is 16.0 Å². The van der Waals surface area contributed by atoms with Gasteiger partial charge in [0, 0.05) is 31.7 Å². The lowest BCUT2D eigenvalue weighted by Gasteiger charge is -2.25. The van der Waals surface area contributed by atoms with Crippen LogP contribution in [0.15, 0.2) is 29.2 Å². The van der Waals surface area contributed by atoms with Crippen LogP contribution in [-0.2, 0) is 14.8 Å². The summed E-state index contributed by atoms with van der Waals surface area (Å²) in [6, 6.07) is 5.70. The van der Waals surface area contributed by atoms with E-state index in [2.05, 4.69) is 16.0 Å². The number of nitrogens with zero attached hydrogens (tertiary/aromatic N) is 1. The Labute approximate surface area is 135 Å². The molecule has 9 heteroatoms. The molecule has 2 rings (SSSR count). The second-order valence-corrected chi connectivity index (χ2v) is 7.01. The third-order valence-corrected chi connectivity index (χ3v) is 5.28. The zero-order valence-electron chi connectivity index (χ0n) is 12.8. The fourth-order valence-corrected chi connectivity index (χ4v) is 3.55. The lowest BCUT2D eigenvalue weighted by molar-refractivity contribution is -0.122. The maximum absolute atomic E-state index is 12.5. The highest BCUT2D eigenvalue weighted by Crippen LogP contribution is 2.17. The number of likely N-dealkylation sites (N-methyl/N-ethyl adjacent to an activating group) is 1. The highest BCUT2D eigenvalue weighted by molar-refractivity contribution is 7.89. The Morgan fingerprint density at radius 3 is 2.57 bits per heavy atom. The van der Waals surface area contributed by atoms with E-state index >= 15 is 0 Å². The van der Waals surface area contributed by atoms with Gasteiger partial charge in [0.2, 0.25) is 15.9 Å². The van der Waals surface area contributed by atoms with E-state index in [-0.39, 0.29) is 29.8 Å². The maximum Gasteiger partial charge on any atom is 0.251 e. The second kappa shape index (κ2) is 7.53. The Bertz CT molecular complexity index is 673. The van der Waals surface area contributed by atoms with E-state index in [1.807, 2.05) is 0 Å². The predicted molar refractivity (Wildman–Crippen MR) is 84.5 cm³/mol. The lowest BCUT2D eigenvalue weighted by Crippen LogP contribution is -2.49. The molecular weight excluding hydrogens is 320 g/mol. The summed E-state index contributed by atoms with van der Waals surface area (Å²) in [5, 5.41) is 8.21. The average Bonchev–Trinajstić information content (AvgIpc) is 2.55. The molecule has 1 aliphatic heterocycles. The topological polar surface area (TPSA) is 108 Å². The van der Waals surface area contributed by atoms with Crippen LogP contribution in [0.4, 0.5) is 0 Å². The molecule has 0 aliphatic carbocycles. The van der Waals surface area contributed by atoms with Crippen LogP contribution >= 0.6 is 0 Å². The molecule has 3 N–H and O–H groups in total. The molecular formula is C14H20N4O4S. The number of benzene rings is 1. The van der Waals surface area contributed by atoms with Gasteiger partial charge in [0.1, 0.15) is 0 Å². The molecule has 126 valence electrons. The number of hydrogen-bond donors (Lipinski definition) is 3. The molecule has 0 atom stereocenters. The number of rotatable bonds is 6. The van der Waals surface area contributed by atoms with E-state index in [4.69, 9.17) is 0 Å². The van der Waals surface area contributed by atoms with Crippen molar-refractivity contribution in [2.45, 2.75) is 4.90 Å². The number of amides is 2. The number of piperazine rings is 1. The van der Waals surface area contributed by atoms with Crippen molar-refractivity contribution < 1.29 is 18.0 Å². The molecule has 0 spiro atoms. The van der Waals surface area contributed by atoms with Crippen LogP contribution in [0.2, 0.25) is 0 Å². The summed E-state index contributed by atoms with van der Waals surface area (Å²) >= 11 is 0. The summed E-state index contributed by atoms with van der Waals surface area (Å²) in [5.74, 6) is -0.582. The molecule has 1 fully saturated rings. The number of nitrogens with one attached hydrogen (secondary N) is 3. The van der Waals surface area contributed by atoms with E-state index in [0.29, 0.717) is 25.2 Å². The highest BCUT2D eigenvalue weighted by Gasteiger charge is 2.29.